The first kappa shape index (κ1) is 20.1. The van der Waals surface area contributed by atoms with Gasteiger partial charge in [0.25, 0.3) is 0 Å². The molecule has 0 aromatic heterocycles. The Morgan fingerprint density at radius 3 is 2.61 bits per heavy atom. The van der Waals surface area contributed by atoms with Crippen molar-refractivity contribution in [3.05, 3.63) is 11.6 Å². The molecule has 2 unspecified atom stereocenters. The normalized spacial score (nSPS) is 47.6. The van der Waals surface area contributed by atoms with Gasteiger partial charge in [0.05, 0.1) is 6.61 Å². The van der Waals surface area contributed by atoms with Crippen molar-refractivity contribution in [3.8, 4) is 0 Å². The van der Waals surface area contributed by atoms with Crippen molar-refractivity contribution >= 4 is 11.8 Å². The molecule has 0 heterocycles. The molecule has 3 saturated carbocycles. The molecule has 4 heteroatoms. The van der Waals surface area contributed by atoms with Crippen molar-refractivity contribution in [1.82, 2.24) is 0 Å². The lowest BCUT2D eigenvalue weighted by molar-refractivity contribution is -0.182. The van der Waals surface area contributed by atoms with E-state index in [4.69, 9.17) is 4.74 Å². The van der Waals surface area contributed by atoms with Gasteiger partial charge in [-0.15, -0.1) is 0 Å². The number of fused-ring (bicyclic) bond motifs is 5. The number of hydrogen-bond donors (Lipinski definition) is 1. The molecule has 0 amide bonds. The molecule has 0 aromatic rings. The summed E-state index contributed by atoms with van der Waals surface area (Å²) in [5.74, 6) is 1.84. The molecule has 4 nitrogen and oxygen atoms in total. The molecule has 4 aliphatic rings. The Balaban J connectivity index is 1.68. The molecule has 0 bridgehead atoms. The molecule has 0 aromatic carbocycles. The molecule has 4 rings (SSSR count). The van der Waals surface area contributed by atoms with Gasteiger partial charge in [-0.2, -0.15) is 0 Å². The van der Waals surface area contributed by atoms with Gasteiger partial charge >= 0.3 is 5.97 Å². The number of carbonyl (C=O) groups excluding carboxylic acids is 2. The maximum absolute atomic E-state index is 12.2. The Morgan fingerprint density at radius 2 is 1.93 bits per heavy atom. The Hall–Kier alpha value is -1.16. The van der Waals surface area contributed by atoms with E-state index >= 15 is 0 Å². The Bertz CT molecular complexity index is 711. The summed E-state index contributed by atoms with van der Waals surface area (Å²) in [6.45, 7) is 8.68. The van der Waals surface area contributed by atoms with Crippen LogP contribution in [0, 0.1) is 34.5 Å². The third-order valence-corrected chi connectivity index (χ3v) is 9.59. The Kier molecular flexibility index (Phi) is 4.80. The highest BCUT2D eigenvalue weighted by Crippen LogP contribution is 2.68. The first-order valence-electron chi connectivity index (χ1n) is 11.3. The van der Waals surface area contributed by atoms with Crippen LogP contribution in [-0.2, 0) is 14.3 Å². The number of aliphatic hydroxyl groups excluding tert-OH is 1. The maximum Gasteiger partial charge on any atom is 0.306 e. The van der Waals surface area contributed by atoms with Gasteiger partial charge in [-0.05, 0) is 75.2 Å². The Morgan fingerprint density at radius 1 is 1.21 bits per heavy atom. The van der Waals surface area contributed by atoms with Crippen molar-refractivity contribution in [1.29, 1.82) is 0 Å². The van der Waals surface area contributed by atoms with Gasteiger partial charge in [-0.1, -0.05) is 26.3 Å². The molecular weight excluding hydrogens is 352 g/mol. The van der Waals surface area contributed by atoms with Crippen LogP contribution in [-0.4, -0.2) is 29.1 Å². The van der Waals surface area contributed by atoms with E-state index in [-0.39, 0.29) is 40.7 Å². The predicted molar refractivity (Wildman–Crippen MR) is 107 cm³/mol. The van der Waals surface area contributed by atoms with Crippen LogP contribution in [0.2, 0.25) is 0 Å². The van der Waals surface area contributed by atoms with E-state index in [1.54, 1.807) is 0 Å². The lowest BCUT2D eigenvalue weighted by atomic mass is 9.44. The number of carbonyl (C=O) groups is 2. The van der Waals surface area contributed by atoms with Crippen molar-refractivity contribution < 1.29 is 19.4 Å². The summed E-state index contributed by atoms with van der Waals surface area (Å²) in [6.07, 6.45) is 8.98. The molecule has 0 spiro atoms. The van der Waals surface area contributed by atoms with E-state index in [0.717, 1.165) is 38.5 Å². The first-order chi connectivity index (χ1) is 13.2. The molecule has 0 aliphatic heterocycles. The van der Waals surface area contributed by atoms with Crippen LogP contribution in [0.3, 0.4) is 0 Å². The van der Waals surface area contributed by atoms with Crippen LogP contribution in [0.5, 0.6) is 0 Å². The van der Waals surface area contributed by atoms with Crippen LogP contribution in [0.1, 0.15) is 79.1 Å². The predicted octanol–water partition coefficient (Wildman–Crippen LogP) is 4.45. The number of rotatable bonds is 3. The minimum absolute atomic E-state index is 0.00455. The van der Waals surface area contributed by atoms with E-state index in [9.17, 15) is 14.7 Å². The van der Waals surface area contributed by atoms with Gasteiger partial charge in [0, 0.05) is 23.7 Å². The zero-order valence-electron chi connectivity index (χ0n) is 17.9. The average Bonchev–Trinajstić information content (AvgIpc) is 2.92. The van der Waals surface area contributed by atoms with Crippen LogP contribution in [0.15, 0.2) is 11.6 Å². The van der Waals surface area contributed by atoms with Crippen molar-refractivity contribution in [3.63, 3.8) is 0 Å². The van der Waals surface area contributed by atoms with E-state index in [2.05, 4.69) is 20.8 Å². The summed E-state index contributed by atoms with van der Waals surface area (Å²) in [5, 5.41) is 10.6. The van der Waals surface area contributed by atoms with Crippen LogP contribution in [0.25, 0.3) is 0 Å². The van der Waals surface area contributed by atoms with Crippen molar-refractivity contribution in [2.24, 2.45) is 34.5 Å². The van der Waals surface area contributed by atoms with Crippen LogP contribution >= 0.6 is 0 Å². The van der Waals surface area contributed by atoms with Gasteiger partial charge in [0.2, 0.25) is 0 Å². The van der Waals surface area contributed by atoms with Crippen LogP contribution in [0.4, 0.5) is 0 Å². The van der Waals surface area contributed by atoms with E-state index in [1.807, 2.05) is 13.0 Å². The molecule has 1 N–H and O–H groups in total. The van der Waals surface area contributed by atoms with E-state index < -0.39 is 0 Å². The molecule has 28 heavy (non-hydrogen) atoms. The lowest BCUT2D eigenvalue weighted by Crippen LogP contribution is -2.58. The topological polar surface area (TPSA) is 63.6 Å². The second-order valence-electron chi connectivity index (χ2n) is 10.4. The number of ether oxygens (including phenoxy) is 1. The SMILES string of the molecule is CCC(=O)OC1(C)CC[C@H]2[C@@H]3CCC4=CC(=O)CC(C)[C@]4(CO)[C@@H]3CC[C@@]21C. The zero-order chi connectivity index (χ0) is 20.3. The third kappa shape index (κ3) is 2.52. The number of ketones is 1. The fraction of sp³-hybridized carbons (Fsp3) is 0.833. The largest absolute Gasteiger partial charge is 0.459 e. The molecule has 0 radical (unpaired) electrons. The summed E-state index contributed by atoms with van der Waals surface area (Å²) in [6, 6.07) is 0. The summed E-state index contributed by atoms with van der Waals surface area (Å²) in [5.41, 5.74) is 0.607. The minimum Gasteiger partial charge on any atom is -0.459 e. The monoisotopic (exact) mass is 388 g/mol. The summed E-state index contributed by atoms with van der Waals surface area (Å²) in [7, 11) is 0. The minimum atomic E-state index is -0.383. The fourth-order valence-electron chi connectivity index (χ4n) is 7.84. The lowest BCUT2D eigenvalue weighted by Gasteiger charge is -2.61. The van der Waals surface area contributed by atoms with Gasteiger partial charge in [-0.25, -0.2) is 0 Å². The number of aliphatic hydroxyl groups is 1. The summed E-state index contributed by atoms with van der Waals surface area (Å²) >= 11 is 0. The summed E-state index contributed by atoms with van der Waals surface area (Å²) < 4.78 is 6.05. The second-order valence-corrected chi connectivity index (χ2v) is 10.4. The smallest absolute Gasteiger partial charge is 0.306 e. The molecular formula is C24H36O4. The molecule has 4 aliphatic carbocycles. The van der Waals surface area contributed by atoms with Gasteiger partial charge in [0.1, 0.15) is 5.60 Å². The molecule has 0 saturated heterocycles. The summed E-state index contributed by atoms with van der Waals surface area (Å²) in [4.78, 5) is 24.3. The highest BCUT2D eigenvalue weighted by Gasteiger charge is 2.65. The Labute approximate surface area is 169 Å². The maximum atomic E-state index is 12.2. The zero-order valence-corrected chi connectivity index (χ0v) is 17.9. The first-order valence-corrected chi connectivity index (χ1v) is 11.3. The highest BCUT2D eigenvalue weighted by atomic mass is 16.6. The van der Waals surface area contributed by atoms with Gasteiger partial charge in [0.15, 0.2) is 5.78 Å². The second kappa shape index (κ2) is 6.68. The number of hydrogen-bond acceptors (Lipinski definition) is 4. The van der Waals surface area contributed by atoms with E-state index in [1.165, 1.54) is 5.57 Å². The molecule has 7 atom stereocenters. The quantitative estimate of drug-likeness (QED) is 0.726. The standard InChI is InChI=1S/C24H36O4/c1-5-21(27)28-23(4)11-9-19-18-7-6-16-13-17(26)12-15(2)24(16,14-25)20(18)8-10-22(19,23)3/h13,15,18-20,25H,5-12,14H2,1-4H3/t15?,18-,19-,20+,22-,23?,24-/m0/s1. The van der Waals surface area contributed by atoms with Gasteiger partial charge in [-0.3, -0.25) is 9.59 Å². The highest BCUT2D eigenvalue weighted by molar-refractivity contribution is 5.92. The fourth-order valence-corrected chi connectivity index (χ4v) is 7.84. The average molecular weight is 389 g/mol. The number of esters is 1. The van der Waals surface area contributed by atoms with Gasteiger partial charge < -0.3 is 9.84 Å². The van der Waals surface area contributed by atoms with Crippen molar-refractivity contribution in [2.75, 3.05) is 6.61 Å². The molecule has 3 fully saturated rings. The third-order valence-electron chi connectivity index (χ3n) is 9.59. The van der Waals surface area contributed by atoms with E-state index in [0.29, 0.717) is 30.6 Å². The molecule has 156 valence electrons. The van der Waals surface area contributed by atoms with Crippen molar-refractivity contribution in [2.45, 2.75) is 84.7 Å². The van der Waals surface area contributed by atoms with Crippen LogP contribution < -0.4 is 0 Å².